The fourth-order valence-electron chi connectivity index (χ4n) is 3.98. The summed E-state index contributed by atoms with van der Waals surface area (Å²) < 4.78 is 8.44. The molecule has 0 spiro atoms. The molecule has 2 aliphatic rings. The van der Waals surface area contributed by atoms with Crippen LogP contribution in [0.1, 0.15) is 71.3 Å². The summed E-state index contributed by atoms with van der Waals surface area (Å²) in [5.41, 5.74) is 0.0701. The van der Waals surface area contributed by atoms with Crippen molar-refractivity contribution < 1.29 is 4.74 Å². The van der Waals surface area contributed by atoms with E-state index in [0.29, 0.717) is 12.1 Å². The maximum Gasteiger partial charge on any atom is 0.203 e. The van der Waals surface area contributed by atoms with E-state index < -0.39 is 0 Å². The number of anilines is 1. The fourth-order valence-corrected chi connectivity index (χ4v) is 3.98. The van der Waals surface area contributed by atoms with Gasteiger partial charge in [0.1, 0.15) is 0 Å². The molecule has 2 fully saturated rings. The first-order valence-electron chi connectivity index (χ1n) is 8.69. The first-order chi connectivity index (χ1) is 10.3. The standard InChI is InChI=1S/C17H29N3O/c1-3-17(4-2)13-14(9-12-21-17)19-16-18-10-11-20(16)15-7-5-6-8-15/h10-11,14-15H,3-9,12-13H2,1-2H3,(H,18,19). The smallest absolute Gasteiger partial charge is 0.203 e. The lowest BCUT2D eigenvalue weighted by atomic mass is 9.86. The molecule has 1 unspecified atom stereocenters. The lowest BCUT2D eigenvalue weighted by Gasteiger charge is -2.40. The Hall–Kier alpha value is -1.03. The van der Waals surface area contributed by atoms with Gasteiger partial charge in [0.2, 0.25) is 5.95 Å². The van der Waals surface area contributed by atoms with E-state index in [4.69, 9.17) is 4.74 Å². The molecule has 4 nitrogen and oxygen atoms in total. The predicted octanol–water partition coefficient (Wildman–Crippen LogP) is 4.15. The summed E-state index contributed by atoms with van der Waals surface area (Å²) in [6.45, 7) is 5.35. The van der Waals surface area contributed by atoms with E-state index in [0.717, 1.165) is 38.2 Å². The van der Waals surface area contributed by atoms with E-state index in [1.165, 1.54) is 25.7 Å². The molecule has 1 aromatic heterocycles. The van der Waals surface area contributed by atoms with Gasteiger partial charge in [0.15, 0.2) is 0 Å². The highest BCUT2D eigenvalue weighted by Crippen LogP contribution is 2.34. The van der Waals surface area contributed by atoms with Crippen molar-refractivity contribution in [3.8, 4) is 0 Å². The van der Waals surface area contributed by atoms with Crippen LogP contribution in [0.4, 0.5) is 5.95 Å². The van der Waals surface area contributed by atoms with Gasteiger partial charge in [-0.25, -0.2) is 4.98 Å². The number of hydrogen-bond donors (Lipinski definition) is 1. The van der Waals surface area contributed by atoms with Crippen molar-refractivity contribution in [3.05, 3.63) is 12.4 Å². The van der Waals surface area contributed by atoms with Crippen LogP contribution in [0, 0.1) is 0 Å². The molecule has 0 bridgehead atoms. The van der Waals surface area contributed by atoms with Crippen LogP contribution < -0.4 is 5.32 Å². The van der Waals surface area contributed by atoms with Crippen LogP contribution in [0.5, 0.6) is 0 Å². The Morgan fingerprint density at radius 3 is 2.76 bits per heavy atom. The Morgan fingerprint density at radius 2 is 2.05 bits per heavy atom. The minimum atomic E-state index is 0.0701. The molecule has 0 aromatic carbocycles. The van der Waals surface area contributed by atoms with E-state index >= 15 is 0 Å². The molecule has 118 valence electrons. The molecule has 1 aromatic rings. The third-order valence-electron chi connectivity index (χ3n) is 5.50. The fraction of sp³-hybridized carbons (Fsp3) is 0.824. The third-order valence-corrected chi connectivity index (χ3v) is 5.50. The van der Waals surface area contributed by atoms with Crippen LogP contribution in [-0.4, -0.2) is 27.8 Å². The molecular weight excluding hydrogens is 262 g/mol. The molecule has 1 aliphatic carbocycles. The van der Waals surface area contributed by atoms with Gasteiger partial charge in [-0.05, 0) is 38.5 Å². The first-order valence-corrected chi connectivity index (χ1v) is 8.69. The average Bonchev–Trinajstić information content (AvgIpc) is 3.18. The average molecular weight is 291 g/mol. The number of imidazole rings is 1. The Morgan fingerprint density at radius 1 is 1.29 bits per heavy atom. The Bertz CT molecular complexity index is 447. The number of ether oxygens (including phenoxy) is 1. The maximum absolute atomic E-state index is 6.08. The molecule has 0 amide bonds. The van der Waals surface area contributed by atoms with Crippen molar-refractivity contribution in [1.29, 1.82) is 0 Å². The van der Waals surface area contributed by atoms with Gasteiger partial charge in [0.05, 0.1) is 5.60 Å². The highest BCUT2D eigenvalue weighted by molar-refractivity contribution is 5.29. The second-order valence-corrected chi connectivity index (χ2v) is 6.67. The molecule has 21 heavy (non-hydrogen) atoms. The summed E-state index contributed by atoms with van der Waals surface area (Å²) in [6.07, 6.45) is 13.8. The van der Waals surface area contributed by atoms with Gasteiger partial charge < -0.3 is 14.6 Å². The van der Waals surface area contributed by atoms with Crippen molar-refractivity contribution in [2.45, 2.75) is 82.9 Å². The van der Waals surface area contributed by atoms with E-state index in [2.05, 4.69) is 34.9 Å². The number of aromatic nitrogens is 2. The minimum Gasteiger partial charge on any atom is -0.375 e. The van der Waals surface area contributed by atoms with Crippen LogP contribution in [-0.2, 0) is 4.74 Å². The Labute approximate surface area is 128 Å². The van der Waals surface area contributed by atoms with Crippen LogP contribution in [0.3, 0.4) is 0 Å². The van der Waals surface area contributed by atoms with E-state index in [1.54, 1.807) is 0 Å². The lowest BCUT2D eigenvalue weighted by molar-refractivity contribution is -0.0865. The zero-order valence-electron chi connectivity index (χ0n) is 13.5. The van der Waals surface area contributed by atoms with Crippen LogP contribution in [0.2, 0.25) is 0 Å². The quantitative estimate of drug-likeness (QED) is 0.886. The van der Waals surface area contributed by atoms with Crippen molar-refractivity contribution in [3.63, 3.8) is 0 Å². The SMILES string of the molecule is CCC1(CC)CC(Nc2nccn2C2CCCC2)CCO1. The monoisotopic (exact) mass is 291 g/mol. The van der Waals surface area contributed by atoms with Crippen LogP contribution >= 0.6 is 0 Å². The van der Waals surface area contributed by atoms with Gasteiger partial charge in [-0.15, -0.1) is 0 Å². The zero-order valence-corrected chi connectivity index (χ0v) is 13.5. The number of nitrogens with one attached hydrogen (secondary N) is 1. The van der Waals surface area contributed by atoms with E-state index in [-0.39, 0.29) is 5.60 Å². The number of nitrogens with zero attached hydrogens (tertiary/aromatic N) is 2. The van der Waals surface area contributed by atoms with E-state index in [1.807, 2.05) is 6.20 Å². The Kier molecular flexibility index (Phi) is 4.53. The highest BCUT2D eigenvalue weighted by atomic mass is 16.5. The van der Waals surface area contributed by atoms with Crippen molar-refractivity contribution in [2.24, 2.45) is 0 Å². The molecule has 2 heterocycles. The van der Waals surface area contributed by atoms with Crippen LogP contribution in [0.15, 0.2) is 12.4 Å². The number of hydrogen-bond acceptors (Lipinski definition) is 3. The molecular formula is C17H29N3O. The molecule has 0 radical (unpaired) electrons. The van der Waals surface area contributed by atoms with Crippen molar-refractivity contribution in [1.82, 2.24) is 9.55 Å². The molecule has 1 aliphatic heterocycles. The first kappa shape index (κ1) is 14.9. The Balaban J connectivity index is 1.67. The highest BCUT2D eigenvalue weighted by Gasteiger charge is 2.35. The second-order valence-electron chi connectivity index (χ2n) is 6.67. The molecule has 4 heteroatoms. The topological polar surface area (TPSA) is 39.1 Å². The maximum atomic E-state index is 6.08. The molecule has 1 saturated carbocycles. The summed E-state index contributed by atoms with van der Waals surface area (Å²) in [5, 5.41) is 3.70. The van der Waals surface area contributed by atoms with Gasteiger partial charge >= 0.3 is 0 Å². The molecule has 1 saturated heterocycles. The lowest BCUT2D eigenvalue weighted by Crippen LogP contribution is -2.44. The summed E-state index contributed by atoms with van der Waals surface area (Å²) in [5.74, 6) is 1.06. The predicted molar refractivity (Wildman–Crippen MR) is 85.6 cm³/mol. The van der Waals surface area contributed by atoms with Crippen molar-refractivity contribution >= 4 is 5.95 Å². The summed E-state index contributed by atoms with van der Waals surface area (Å²) in [7, 11) is 0. The second kappa shape index (κ2) is 6.39. The summed E-state index contributed by atoms with van der Waals surface area (Å²) in [6, 6.07) is 1.14. The number of rotatable bonds is 5. The molecule has 3 rings (SSSR count). The molecule has 1 atom stereocenters. The van der Waals surface area contributed by atoms with Gasteiger partial charge in [-0.3, -0.25) is 0 Å². The summed E-state index contributed by atoms with van der Waals surface area (Å²) in [4.78, 5) is 4.57. The molecule has 1 N–H and O–H groups in total. The van der Waals surface area contributed by atoms with Gasteiger partial charge in [0.25, 0.3) is 0 Å². The summed E-state index contributed by atoms with van der Waals surface area (Å²) >= 11 is 0. The van der Waals surface area contributed by atoms with Gasteiger partial charge in [0, 0.05) is 31.1 Å². The van der Waals surface area contributed by atoms with E-state index in [9.17, 15) is 0 Å². The van der Waals surface area contributed by atoms with Gasteiger partial charge in [-0.1, -0.05) is 26.7 Å². The van der Waals surface area contributed by atoms with Crippen LogP contribution in [0.25, 0.3) is 0 Å². The largest absolute Gasteiger partial charge is 0.375 e. The normalized spacial score (nSPS) is 26.1. The minimum absolute atomic E-state index is 0.0701. The van der Waals surface area contributed by atoms with Crippen molar-refractivity contribution in [2.75, 3.05) is 11.9 Å². The van der Waals surface area contributed by atoms with Gasteiger partial charge in [-0.2, -0.15) is 0 Å². The zero-order chi connectivity index (χ0) is 14.7. The third kappa shape index (κ3) is 3.10.